The van der Waals surface area contributed by atoms with E-state index in [1.165, 1.54) is 6.92 Å². The molecule has 0 aliphatic heterocycles. The molecule has 0 aliphatic carbocycles. The molecule has 0 unspecified atom stereocenters. The molecule has 108 valence electrons. The van der Waals surface area contributed by atoms with Gasteiger partial charge in [-0.3, -0.25) is 5.10 Å². The summed E-state index contributed by atoms with van der Waals surface area (Å²) in [4.78, 5) is 10.9. The Balaban J connectivity index is 3.25. The number of carboxylic acid groups (broad SMARTS) is 1. The van der Waals surface area contributed by atoms with Gasteiger partial charge in [0.1, 0.15) is 12.1 Å². The number of aryl methyl sites for hydroxylation is 1. The fourth-order valence-corrected chi connectivity index (χ4v) is 2.60. The summed E-state index contributed by atoms with van der Waals surface area (Å²) in [6.45, 7) is -0.487. The van der Waals surface area contributed by atoms with Crippen molar-refractivity contribution in [3.8, 4) is 0 Å². The fourth-order valence-electron chi connectivity index (χ4n) is 1.33. The van der Waals surface area contributed by atoms with Gasteiger partial charge >= 0.3 is 12.1 Å². The number of H-pyrrole nitrogens is 1. The minimum atomic E-state index is -4.74. The van der Waals surface area contributed by atoms with Crippen molar-refractivity contribution >= 4 is 16.0 Å². The van der Waals surface area contributed by atoms with Gasteiger partial charge in [-0.25, -0.2) is 13.2 Å². The van der Waals surface area contributed by atoms with Gasteiger partial charge in [-0.1, -0.05) is 0 Å². The maximum absolute atomic E-state index is 12.2. The Morgan fingerprint density at radius 1 is 1.47 bits per heavy atom. The lowest BCUT2D eigenvalue weighted by molar-refractivity contribution is -0.134. The van der Waals surface area contributed by atoms with Gasteiger partial charge in [0.2, 0.25) is 5.03 Å². The average Bonchev–Trinajstić information content (AvgIpc) is 2.57. The summed E-state index contributed by atoms with van der Waals surface area (Å²) in [5.41, 5.74) is -0.736. The molecule has 0 aliphatic rings. The molecule has 0 saturated carbocycles. The number of aromatic nitrogens is 2. The maximum atomic E-state index is 12.2. The largest absolute Gasteiger partial charge is 0.478 e. The lowest BCUT2D eigenvalue weighted by atomic mass is 10.3. The predicted octanol–water partition coefficient (Wildman–Crippen LogP) is 0.599. The van der Waals surface area contributed by atoms with Gasteiger partial charge in [0.25, 0.3) is 10.0 Å². The quantitative estimate of drug-likeness (QED) is 0.847. The van der Waals surface area contributed by atoms with E-state index in [1.807, 2.05) is 0 Å². The highest BCUT2D eigenvalue weighted by Gasteiger charge is 2.38. The van der Waals surface area contributed by atoms with E-state index in [-0.39, 0.29) is 10.00 Å². The van der Waals surface area contributed by atoms with Crippen molar-refractivity contribution in [2.45, 2.75) is 18.1 Å². The summed E-state index contributed by atoms with van der Waals surface area (Å²) >= 11 is 0. The number of aromatic carboxylic acids is 1. The van der Waals surface area contributed by atoms with Gasteiger partial charge in [-0.15, -0.1) is 0 Å². The average molecular weight is 301 g/mol. The summed E-state index contributed by atoms with van der Waals surface area (Å²) in [5.74, 6) is -1.59. The Morgan fingerprint density at radius 2 is 2.00 bits per heavy atom. The summed E-state index contributed by atoms with van der Waals surface area (Å²) < 4.78 is 60.1. The molecule has 0 amide bonds. The molecule has 0 spiro atoms. The first-order valence-corrected chi connectivity index (χ1v) is 6.22. The molecule has 7 nitrogen and oxygen atoms in total. The van der Waals surface area contributed by atoms with Crippen LogP contribution in [0.1, 0.15) is 16.1 Å². The van der Waals surface area contributed by atoms with Crippen molar-refractivity contribution in [1.29, 1.82) is 0 Å². The standard InChI is InChI=1S/C8H10F3N3O4S/c1-4-5(7(15)16)6(13-12-4)19(17,18)14(2)3-8(9,10)11/h3H2,1-2H3,(H,12,13)(H,15,16). The van der Waals surface area contributed by atoms with Crippen LogP contribution in [0.5, 0.6) is 0 Å². The number of rotatable bonds is 4. The minimum Gasteiger partial charge on any atom is -0.478 e. The molecular formula is C8H10F3N3O4S. The number of halogens is 3. The highest BCUT2D eigenvalue weighted by molar-refractivity contribution is 7.89. The van der Waals surface area contributed by atoms with E-state index in [1.54, 1.807) is 0 Å². The molecule has 1 aromatic heterocycles. The zero-order chi connectivity index (χ0) is 15.0. The molecule has 11 heteroatoms. The number of nitrogens with one attached hydrogen (secondary N) is 1. The third kappa shape index (κ3) is 3.23. The lowest BCUT2D eigenvalue weighted by Gasteiger charge is -2.17. The van der Waals surface area contributed by atoms with Crippen LogP contribution >= 0.6 is 0 Å². The molecule has 0 atom stereocenters. The minimum absolute atomic E-state index is 0.00491. The highest BCUT2D eigenvalue weighted by atomic mass is 32.2. The Morgan fingerprint density at radius 3 is 2.42 bits per heavy atom. The molecule has 0 saturated heterocycles. The van der Waals surface area contributed by atoms with Gasteiger partial charge in [0.05, 0.1) is 0 Å². The van der Waals surface area contributed by atoms with E-state index in [2.05, 4.69) is 10.2 Å². The smallest absolute Gasteiger partial charge is 0.402 e. The topological polar surface area (TPSA) is 103 Å². The summed E-state index contributed by atoms with van der Waals surface area (Å²) in [6, 6.07) is 0. The number of carboxylic acids is 1. The van der Waals surface area contributed by atoms with Crippen LogP contribution in [-0.2, 0) is 10.0 Å². The third-order valence-electron chi connectivity index (χ3n) is 2.18. The van der Waals surface area contributed by atoms with E-state index >= 15 is 0 Å². The van der Waals surface area contributed by atoms with Crippen LogP contribution in [0.4, 0.5) is 13.2 Å². The van der Waals surface area contributed by atoms with E-state index in [0.29, 0.717) is 7.05 Å². The molecule has 0 bridgehead atoms. The second-order valence-corrected chi connectivity index (χ2v) is 5.67. The van der Waals surface area contributed by atoms with Crippen LogP contribution < -0.4 is 0 Å². The van der Waals surface area contributed by atoms with Crippen LogP contribution in [-0.4, -0.2) is 53.8 Å². The molecule has 1 rings (SSSR count). The second kappa shape index (κ2) is 4.81. The number of alkyl halides is 3. The van der Waals surface area contributed by atoms with Gasteiger partial charge < -0.3 is 5.11 Å². The third-order valence-corrected chi connectivity index (χ3v) is 3.92. The molecule has 0 aromatic carbocycles. The number of sulfonamides is 1. The summed E-state index contributed by atoms with van der Waals surface area (Å²) in [7, 11) is -3.94. The Kier molecular flexibility index (Phi) is 3.91. The van der Waals surface area contributed by atoms with E-state index in [0.717, 1.165) is 0 Å². The van der Waals surface area contributed by atoms with E-state index in [9.17, 15) is 26.4 Å². The fraction of sp³-hybridized carbons (Fsp3) is 0.500. The molecule has 1 aromatic rings. The van der Waals surface area contributed by atoms with Gasteiger partial charge in [0, 0.05) is 12.7 Å². The van der Waals surface area contributed by atoms with E-state index < -0.39 is 39.3 Å². The second-order valence-electron chi connectivity index (χ2n) is 3.71. The SMILES string of the molecule is Cc1[nH]nc(S(=O)(=O)N(C)CC(F)(F)F)c1C(=O)O. The van der Waals surface area contributed by atoms with Crippen molar-refractivity contribution in [3.63, 3.8) is 0 Å². The Labute approximate surface area is 106 Å². The highest BCUT2D eigenvalue weighted by Crippen LogP contribution is 2.23. The molecule has 0 fully saturated rings. The number of nitrogens with zero attached hydrogens (tertiary/aromatic N) is 2. The number of carbonyl (C=O) groups is 1. The Hall–Kier alpha value is -1.62. The first-order valence-electron chi connectivity index (χ1n) is 4.78. The lowest BCUT2D eigenvalue weighted by Crippen LogP contribution is -2.36. The van der Waals surface area contributed by atoms with Crippen LogP contribution in [0.3, 0.4) is 0 Å². The van der Waals surface area contributed by atoms with E-state index in [4.69, 9.17) is 5.11 Å². The van der Waals surface area contributed by atoms with Gasteiger partial charge in [0.15, 0.2) is 0 Å². The number of aromatic amines is 1. The monoisotopic (exact) mass is 301 g/mol. The zero-order valence-corrected chi connectivity index (χ0v) is 10.6. The predicted molar refractivity (Wildman–Crippen MR) is 56.2 cm³/mol. The Bertz CT molecular complexity index is 593. The molecule has 0 radical (unpaired) electrons. The first kappa shape index (κ1) is 15.4. The van der Waals surface area contributed by atoms with Gasteiger partial charge in [-0.05, 0) is 6.92 Å². The normalized spacial score (nSPS) is 12.9. The summed E-state index contributed by atoms with van der Waals surface area (Å²) in [6.07, 6.45) is -4.74. The van der Waals surface area contributed by atoms with Crippen LogP contribution in [0, 0.1) is 6.92 Å². The van der Waals surface area contributed by atoms with Crippen molar-refractivity contribution < 1.29 is 31.5 Å². The maximum Gasteiger partial charge on any atom is 0.402 e. The van der Waals surface area contributed by atoms with Crippen LogP contribution in [0.25, 0.3) is 0 Å². The van der Waals surface area contributed by atoms with Crippen molar-refractivity contribution in [3.05, 3.63) is 11.3 Å². The van der Waals surface area contributed by atoms with Crippen LogP contribution in [0.2, 0.25) is 0 Å². The number of hydrogen-bond acceptors (Lipinski definition) is 4. The zero-order valence-electron chi connectivity index (χ0n) is 9.82. The molecule has 1 heterocycles. The van der Waals surface area contributed by atoms with Crippen molar-refractivity contribution in [1.82, 2.24) is 14.5 Å². The van der Waals surface area contributed by atoms with Crippen molar-refractivity contribution in [2.75, 3.05) is 13.6 Å². The molecular weight excluding hydrogens is 291 g/mol. The summed E-state index contributed by atoms with van der Waals surface area (Å²) in [5, 5.41) is 13.3. The van der Waals surface area contributed by atoms with Crippen molar-refractivity contribution in [2.24, 2.45) is 0 Å². The molecule has 2 N–H and O–H groups in total. The van der Waals surface area contributed by atoms with Crippen LogP contribution in [0.15, 0.2) is 5.03 Å². The van der Waals surface area contributed by atoms with Gasteiger partial charge in [-0.2, -0.15) is 22.6 Å². The number of hydrogen-bond donors (Lipinski definition) is 2. The first-order chi connectivity index (χ1) is 8.47. The molecule has 19 heavy (non-hydrogen) atoms.